The lowest BCUT2D eigenvalue weighted by molar-refractivity contribution is 0.0380. The molecule has 1 amide bonds. The van der Waals surface area contributed by atoms with Crippen LogP contribution in [0.5, 0.6) is 0 Å². The number of hydrogen-bond donors (Lipinski definition) is 1. The summed E-state index contributed by atoms with van der Waals surface area (Å²) < 4.78 is 5.48. The Labute approximate surface area is 178 Å². The van der Waals surface area contributed by atoms with Gasteiger partial charge in [-0.2, -0.15) is 0 Å². The van der Waals surface area contributed by atoms with Gasteiger partial charge in [-0.25, -0.2) is 4.79 Å². The van der Waals surface area contributed by atoms with Crippen LogP contribution in [-0.4, -0.2) is 23.0 Å². The topological polar surface area (TPSA) is 68.3 Å². The second-order valence-electron chi connectivity index (χ2n) is 7.07. The third kappa shape index (κ3) is 4.09. The number of nitrogens with one attached hydrogen (secondary N) is 1. The Morgan fingerprint density at radius 2 is 1.83 bits per heavy atom. The highest BCUT2D eigenvalue weighted by Gasteiger charge is 2.24. The summed E-state index contributed by atoms with van der Waals surface area (Å²) in [5, 5.41) is 7.37. The van der Waals surface area contributed by atoms with Gasteiger partial charge in [0.05, 0.1) is 11.7 Å². The van der Waals surface area contributed by atoms with Crippen molar-refractivity contribution in [3.8, 4) is 11.1 Å². The average molecular weight is 417 g/mol. The van der Waals surface area contributed by atoms with Crippen LogP contribution in [-0.2, 0) is 4.74 Å². The first kappa shape index (κ1) is 19.8. The van der Waals surface area contributed by atoms with E-state index >= 15 is 0 Å². The number of anilines is 1. The molecule has 150 valence electrons. The second-order valence-corrected chi connectivity index (χ2v) is 7.94. The highest BCUT2D eigenvalue weighted by Crippen LogP contribution is 2.37. The summed E-state index contributed by atoms with van der Waals surface area (Å²) >= 11 is 1.30. The van der Waals surface area contributed by atoms with Crippen LogP contribution in [0.2, 0.25) is 0 Å². The molecule has 0 saturated carbocycles. The smallest absolute Gasteiger partial charge is 0.342 e. The Morgan fingerprint density at radius 3 is 2.57 bits per heavy atom. The Kier molecular flexibility index (Phi) is 5.59. The summed E-state index contributed by atoms with van der Waals surface area (Å²) in [5.41, 5.74) is 2.41. The lowest BCUT2D eigenvalue weighted by Gasteiger charge is -2.12. The minimum Gasteiger partial charge on any atom is -0.459 e. The van der Waals surface area contributed by atoms with Crippen molar-refractivity contribution in [2.75, 3.05) is 5.32 Å². The van der Waals surface area contributed by atoms with Crippen molar-refractivity contribution in [1.82, 2.24) is 4.98 Å². The zero-order chi connectivity index (χ0) is 21.1. The highest BCUT2D eigenvalue weighted by atomic mass is 32.1. The van der Waals surface area contributed by atoms with E-state index in [1.165, 1.54) is 17.5 Å². The summed E-state index contributed by atoms with van der Waals surface area (Å²) in [6.45, 7) is 3.60. The molecular weight excluding hydrogens is 396 g/mol. The van der Waals surface area contributed by atoms with Crippen molar-refractivity contribution >= 4 is 39.0 Å². The maximum Gasteiger partial charge on any atom is 0.342 e. The molecule has 0 radical (unpaired) electrons. The van der Waals surface area contributed by atoms with Gasteiger partial charge in [0, 0.05) is 23.3 Å². The number of amides is 1. The highest BCUT2D eigenvalue weighted by molar-refractivity contribution is 7.15. The molecule has 0 spiro atoms. The largest absolute Gasteiger partial charge is 0.459 e. The predicted molar refractivity (Wildman–Crippen MR) is 120 cm³/mol. The van der Waals surface area contributed by atoms with Crippen LogP contribution in [0.1, 0.15) is 34.6 Å². The van der Waals surface area contributed by atoms with Crippen molar-refractivity contribution in [3.63, 3.8) is 0 Å². The summed E-state index contributed by atoms with van der Waals surface area (Å²) in [5.74, 6) is -0.787. The van der Waals surface area contributed by atoms with E-state index < -0.39 is 5.97 Å². The number of nitrogens with zero attached hydrogens (tertiary/aromatic N) is 1. The van der Waals surface area contributed by atoms with Crippen LogP contribution in [0, 0.1) is 0 Å². The monoisotopic (exact) mass is 416 g/mol. The Bertz CT molecular complexity index is 1220. The Balaban J connectivity index is 1.76. The number of ether oxygens (including phenoxy) is 1. The van der Waals surface area contributed by atoms with Gasteiger partial charge in [-0.05, 0) is 48.4 Å². The first-order valence-electron chi connectivity index (χ1n) is 9.56. The van der Waals surface area contributed by atoms with Crippen molar-refractivity contribution in [2.45, 2.75) is 20.0 Å². The molecule has 30 heavy (non-hydrogen) atoms. The lowest BCUT2D eigenvalue weighted by atomic mass is 10.00. The number of esters is 1. The summed E-state index contributed by atoms with van der Waals surface area (Å²) in [6, 6.07) is 17.4. The van der Waals surface area contributed by atoms with E-state index in [2.05, 4.69) is 10.3 Å². The van der Waals surface area contributed by atoms with E-state index in [9.17, 15) is 9.59 Å². The van der Waals surface area contributed by atoms with Crippen LogP contribution in [0.4, 0.5) is 5.00 Å². The van der Waals surface area contributed by atoms with Gasteiger partial charge in [0.25, 0.3) is 5.91 Å². The molecule has 6 heteroatoms. The fourth-order valence-corrected chi connectivity index (χ4v) is 4.12. The van der Waals surface area contributed by atoms with Crippen molar-refractivity contribution in [2.24, 2.45) is 0 Å². The fourth-order valence-electron chi connectivity index (χ4n) is 3.17. The molecular formula is C24H20N2O3S. The van der Waals surface area contributed by atoms with E-state index in [1.807, 2.05) is 47.8 Å². The summed E-state index contributed by atoms with van der Waals surface area (Å²) in [4.78, 5) is 29.5. The third-order valence-corrected chi connectivity index (χ3v) is 5.44. The molecule has 5 nitrogen and oxygen atoms in total. The van der Waals surface area contributed by atoms with Crippen LogP contribution < -0.4 is 5.32 Å². The SMILES string of the molecule is CC(C)OC(=O)c1c(-c2ccc3ccccc3c2)csc1NC(=O)c1cccnc1. The second kappa shape index (κ2) is 8.47. The first-order valence-corrected chi connectivity index (χ1v) is 10.4. The van der Waals surface area contributed by atoms with Crippen LogP contribution >= 0.6 is 11.3 Å². The molecule has 0 aliphatic carbocycles. The minimum atomic E-state index is -0.462. The molecule has 0 bridgehead atoms. The van der Waals surface area contributed by atoms with Gasteiger partial charge in [-0.15, -0.1) is 11.3 Å². The van der Waals surface area contributed by atoms with Crippen molar-refractivity contribution in [1.29, 1.82) is 0 Å². The number of hydrogen-bond acceptors (Lipinski definition) is 5. The van der Waals surface area contributed by atoms with Gasteiger partial charge in [0.2, 0.25) is 0 Å². The molecule has 4 aromatic rings. The minimum absolute atomic E-state index is 0.274. The van der Waals surface area contributed by atoms with Crippen LogP contribution in [0.3, 0.4) is 0 Å². The van der Waals surface area contributed by atoms with Gasteiger partial charge in [0.15, 0.2) is 0 Å². The number of carbonyl (C=O) groups excluding carboxylic acids is 2. The van der Waals surface area contributed by atoms with Gasteiger partial charge in [-0.1, -0.05) is 36.4 Å². The molecule has 0 unspecified atom stereocenters. The number of benzene rings is 2. The van der Waals surface area contributed by atoms with Gasteiger partial charge >= 0.3 is 5.97 Å². The zero-order valence-electron chi connectivity index (χ0n) is 16.6. The molecule has 2 aromatic carbocycles. The normalized spacial score (nSPS) is 10.9. The van der Waals surface area contributed by atoms with Gasteiger partial charge in [-0.3, -0.25) is 9.78 Å². The van der Waals surface area contributed by atoms with Crippen molar-refractivity contribution < 1.29 is 14.3 Å². The maximum absolute atomic E-state index is 12.9. The fraction of sp³-hybridized carbons (Fsp3) is 0.125. The quantitative estimate of drug-likeness (QED) is 0.419. The van der Waals surface area contributed by atoms with Crippen LogP contribution in [0.25, 0.3) is 21.9 Å². The standard InChI is InChI=1S/C24H20N2O3S/c1-15(2)29-24(28)21-20(18-10-9-16-6-3-4-7-17(16)12-18)14-30-23(21)26-22(27)19-8-5-11-25-13-19/h3-15H,1-2H3,(H,26,27). The van der Waals surface area contributed by atoms with Gasteiger partial charge in [0.1, 0.15) is 10.6 Å². The number of aromatic nitrogens is 1. The van der Waals surface area contributed by atoms with Crippen LogP contribution in [0.15, 0.2) is 72.4 Å². The zero-order valence-corrected chi connectivity index (χ0v) is 17.4. The average Bonchev–Trinajstić information content (AvgIpc) is 3.17. The first-order chi connectivity index (χ1) is 14.5. The number of pyridine rings is 1. The molecule has 0 saturated heterocycles. The molecule has 2 heterocycles. The Morgan fingerprint density at radius 1 is 1.03 bits per heavy atom. The predicted octanol–water partition coefficient (Wildman–Crippen LogP) is 5.78. The van der Waals surface area contributed by atoms with E-state index in [-0.39, 0.29) is 12.0 Å². The third-order valence-electron chi connectivity index (χ3n) is 4.55. The number of fused-ring (bicyclic) bond motifs is 1. The molecule has 0 aliphatic rings. The number of rotatable bonds is 5. The van der Waals surface area contributed by atoms with E-state index in [1.54, 1.807) is 32.2 Å². The number of carbonyl (C=O) groups is 2. The molecule has 1 N–H and O–H groups in total. The molecule has 4 rings (SSSR count). The number of thiophene rings is 1. The maximum atomic E-state index is 12.9. The van der Waals surface area contributed by atoms with Crippen molar-refractivity contribution in [3.05, 3.63) is 83.5 Å². The molecule has 0 fully saturated rings. The van der Waals surface area contributed by atoms with Gasteiger partial charge < -0.3 is 10.1 Å². The summed E-state index contributed by atoms with van der Waals surface area (Å²) in [6.07, 6.45) is 2.81. The summed E-state index contributed by atoms with van der Waals surface area (Å²) in [7, 11) is 0. The Hall–Kier alpha value is -3.51. The van der Waals surface area contributed by atoms with E-state index in [0.29, 0.717) is 16.1 Å². The molecule has 2 aromatic heterocycles. The van der Waals surface area contributed by atoms with E-state index in [4.69, 9.17) is 4.74 Å². The molecule has 0 aliphatic heterocycles. The lowest BCUT2D eigenvalue weighted by Crippen LogP contribution is -2.16. The van der Waals surface area contributed by atoms with E-state index in [0.717, 1.165) is 21.9 Å². The molecule has 0 atom stereocenters.